The number of carbonyl (C=O) groups excluding carboxylic acids is 1. The number of benzene rings is 2. The molecule has 1 fully saturated rings. The van der Waals surface area contributed by atoms with Crippen LogP contribution in [-0.4, -0.2) is 47.2 Å². The van der Waals surface area contributed by atoms with Gasteiger partial charge >= 0.3 is 0 Å². The maximum Gasteiger partial charge on any atom is 0.256 e. The van der Waals surface area contributed by atoms with Crippen molar-refractivity contribution < 1.29 is 9.53 Å². The van der Waals surface area contributed by atoms with E-state index in [2.05, 4.69) is 20.6 Å². The largest absolute Gasteiger partial charge is 0.378 e. The molecule has 0 spiro atoms. The Labute approximate surface area is 212 Å². The quantitative estimate of drug-likeness (QED) is 0.348. The van der Waals surface area contributed by atoms with E-state index < -0.39 is 0 Å². The fourth-order valence-electron chi connectivity index (χ4n) is 4.24. The van der Waals surface area contributed by atoms with Crippen molar-refractivity contribution in [3.8, 4) is 22.5 Å². The molecule has 0 radical (unpaired) electrons. The minimum atomic E-state index is -0.185. The van der Waals surface area contributed by atoms with Gasteiger partial charge in [0.25, 0.3) is 5.91 Å². The molecule has 1 N–H and O–H groups in total. The molecular weight excluding hydrogens is 470 g/mol. The molecular formula is C28H23N5O2S. The number of pyridine rings is 2. The molecule has 8 heteroatoms. The Kier molecular flexibility index (Phi) is 6.11. The summed E-state index contributed by atoms with van der Waals surface area (Å²) in [5.74, 6) is -0.185. The zero-order valence-corrected chi connectivity index (χ0v) is 20.2. The molecule has 2 aromatic carbocycles. The van der Waals surface area contributed by atoms with Crippen LogP contribution in [0.4, 0.5) is 10.8 Å². The van der Waals surface area contributed by atoms with Gasteiger partial charge in [0.05, 0.1) is 35.7 Å². The Morgan fingerprint density at radius 1 is 0.917 bits per heavy atom. The second kappa shape index (κ2) is 9.85. The number of ether oxygens (including phenoxy) is 1. The van der Waals surface area contributed by atoms with Crippen molar-refractivity contribution in [2.45, 2.75) is 0 Å². The van der Waals surface area contributed by atoms with E-state index in [1.807, 2.05) is 66.7 Å². The van der Waals surface area contributed by atoms with Crippen molar-refractivity contribution in [3.63, 3.8) is 0 Å². The smallest absolute Gasteiger partial charge is 0.256 e. The lowest BCUT2D eigenvalue weighted by Crippen LogP contribution is -2.36. The van der Waals surface area contributed by atoms with Crippen LogP contribution in [0.3, 0.4) is 0 Å². The van der Waals surface area contributed by atoms with E-state index in [4.69, 9.17) is 14.7 Å². The van der Waals surface area contributed by atoms with Crippen molar-refractivity contribution in [1.29, 1.82) is 0 Å². The van der Waals surface area contributed by atoms with Crippen LogP contribution in [0.25, 0.3) is 33.4 Å². The second-order valence-electron chi connectivity index (χ2n) is 8.46. The third-order valence-corrected chi connectivity index (χ3v) is 7.03. The number of hydrogen-bond donors (Lipinski definition) is 1. The molecule has 0 atom stereocenters. The molecule has 1 saturated heterocycles. The number of para-hydroxylation sites is 1. The first-order valence-electron chi connectivity index (χ1n) is 11.7. The zero-order chi connectivity index (χ0) is 24.3. The highest BCUT2D eigenvalue weighted by molar-refractivity contribution is 7.14. The number of nitrogens with zero attached hydrogens (tertiary/aromatic N) is 4. The molecule has 1 aliphatic rings. The Balaban J connectivity index is 1.24. The topological polar surface area (TPSA) is 80.2 Å². The first-order chi connectivity index (χ1) is 17.7. The number of hydrogen-bond acceptors (Lipinski definition) is 7. The van der Waals surface area contributed by atoms with Gasteiger partial charge in [-0.25, -0.2) is 9.97 Å². The van der Waals surface area contributed by atoms with Crippen molar-refractivity contribution in [1.82, 2.24) is 15.0 Å². The second-order valence-corrected chi connectivity index (χ2v) is 9.30. The van der Waals surface area contributed by atoms with Gasteiger partial charge in [0, 0.05) is 53.1 Å². The van der Waals surface area contributed by atoms with Crippen LogP contribution in [0.5, 0.6) is 0 Å². The minimum absolute atomic E-state index is 0.185. The Morgan fingerprint density at radius 3 is 2.56 bits per heavy atom. The predicted octanol–water partition coefficient (Wildman–Crippen LogP) is 5.51. The van der Waals surface area contributed by atoms with Crippen molar-refractivity contribution in [3.05, 3.63) is 90.1 Å². The number of nitrogens with one attached hydrogen (secondary N) is 1. The summed E-state index contributed by atoms with van der Waals surface area (Å²) in [6.07, 6.45) is 3.47. The average Bonchev–Trinajstić information content (AvgIpc) is 3.44. The summed E-state index contributed by atoms with van der Waals surface area (Å²) >= 11 is 1.64. The molecule has 0 saturated carbocycles. The van der Waals surface area contributed by atoms with Crippen molar-refractivity contribution in [2.75, 3.05) is 36.5 Å². The maximum atomic E-state index is 13.4. The normalized spacial score (nSPS) is 13.6. The van der Waals surface area contributed by atoms with Gasteiger partial charge in [0.1, 0.15) is 0 Å². The maximum absolute atomic E-state index is 13.4. The molecule has 3 aromatic heterocycles. The van der Waals surface area contributed by atoms with E-state index in [-0.39, 0.29) is 5.91 Å². The molecule has 7 nitrogen and oxygen atoms in total. The Bertz CT molecular complexity index is 1510. The van der Waals surface area contributed by atoms with Gasteiger partial charge in [-0.2, -0.15) is 0 Å². The number of carbonyl (C=O) groups is 1. The first-order valence-corrected chi connectivity index (χ1v) is 12.6. The summed E-state index contributed by atoms with van der Waals surface area (Å²) in [5, 5.41) is 6.93. The molecule has 5 aromatic rings. The van der Waals surface area contributed by atoms with Gasteiger partial charge in [0.15, 0.2) is 5.13 Å². The van der Waals surface area contributed by atoms with Gasteiger partial charge in [0.2, 0.25) is 0 Å². The van der Waals surface area contributed by atoms with Crippen LogP contribution in [0.2, 0.25) is 0 Å². The minimum Gasteiger partial charge on any atom is -0.378 e. The lowest BCUT2D eigenvalue weighted by atomic mass is 10.0. The molecule has 1 amide bonds. The highest BCUT2D eigenvalue weighted by Gasteiger charge is 2.16. The molecule has 0 unspecified atom stereocenters. The molecule has 6 rings (SSSR count). The van der Waals surface area contributed by atoms with Crippen molar-refractivity contribution >= 4 is 39.0 Å². The first kappa shape index (κ1) is 22.3. The van der Waals surface area contributed by atoms with Crippen LogP contribution >= 0.6 is 11.3 Å². The molecule has 0 aliphatic carbocycles. The summed E-state index contributed by atoms with van der Waals surface area (Å²) in [5.41, 5.74) is 5.56. The fraction of sp³-hybridized carbons (Fsp3) is 0.143. The number of amides is 1. The summed E-state index contributed by atoms with van der Waals surface area (Å²) < 4.78 is 5.44. The summed E-state index contributed by atoms with van der Waals surface area (Å²) in [6, 6.07) is 21.1. The number of morpholine rings is 1. The lowest BCUT2D eigenvalue weighted by Gasteiger charge is -2.26. The van der Waals surface area contributed by atoms with Gasteiger partial charge in [-0.15, -0.1) is 11.3 Å². The van der Waals surface area contributed by atoms with Gasteiger partial charge < -0.3 is 15.0 Å². The summed E-state index contributed by atoms with van der Waals surface area (Å²) in [6.45, 7) is 3.20. The van der Waals surface area contributed by atoms with Crippen molar-refractivity contribution in [2.24, 2.45) is 0 Å². The molecule has 36 heavy (non-hydrogen) atoms. The van der Waals surface area contributed by atoms with Crippen LogP contribution < -0.4 is 10.2 Å². The van der Waals surface area contributed by atoms with E-state index in [1.165, 1.54) is 0 Å². The monoisotopic (exact) mass is 493 g/mol. The van der Waals surface area contributed by atoms with E-state index in [0.29, 0.717) is 11.3 Å². The standard InChI is InChI=1S/C28H23N5O2S/c34-27(23-16-25(20-4-3-11-29-17-20)31-24-6-2-1-5-22(23)24)30-21-9-7-19(8-10-21)26-18-36-28(32-26)33-12-14-35-15-13-33/h1-11,16-18H,12-15H2,(H,30,34). The number of anilines is 2. The lowest BCUT2D eigenvalue weighted by molar-refractivity contribution is 0.102. The third kappa shape index (κ3) is 4.56. The molecule has 1 aliphatic heterocycles. The number of thiazole rings is 1. The summed E-state index contributed by atoms with van der Waals surface area (Å²) in [4.78, 5) is 29.4. The van der Waals surface area contributed by atoms with Crippen LogP contribution in [0.15, 0.2) is 84.5 Å². The number of rotatable bonds is 5. The van der Waals surface area contributed by atoms with Crippen LogP contribution in [-0.2, 0) is 4.74 Å². The Morgan fingerprint density at radius 2 is 1.75 bits per heavy atom. The SMILES string of the molecule is O=C(Nc1ccc(-c2csc(N3CCOCC3)n2)cc1)c1cc(-c2cccnc2)nc2ccccc12. The number of aromatic nitrogens is 3. The number of fused-ring (bicyclic) bond motifs is 1. The van der Waals surface area contributed by atoms with Gasteiger partial charge in [-0.3, -0.25) is 9.78 Å². The van der Waals surface area contributed by atoms with Gasteiger partial charge in [-0.1, -0.05) is 30.3 Å². The van der Waals surface area contributed by atoms with Crippen LogP contribution in [0, 0.1) is 0 Å². The average molecular weight is 494 g/mol. The Hall–Kier alpha value is -4.14. The molecule has 0 bridgehead atoms. The third-order valence-electron chi connectivity index (χ3n) is 6.13. The van der Waals surface area contributed by atoms with E-state index in [0.717, 1.165) is 64.8 Å². The van der Waals surface area contributed by atoms with E-state index >= 15 is 0 Å². The molecule has 178 valence electrons. The predicted molar refractivity (Wildman–Crippen MR) is 144 cm³/mol. The fourth-order valence-corrected chi connectivity index (χ4v) is 5.13. The van der Waals surface area contributed by atoms with Crippen LogP contribution in [0.1, 0.15) is 10.4 Å². The zero-order valence-electron chi connectivity index (χ0n) is 19.4. The highest BCUT2D eigenvalue weighted by Crippen LogP contribution is 2.29. The van der Waals surface area contributed by atoms with E-state index in [9.17, 15) is 4.79 Å². The molecule has 4 heterocycles. The highest BCUT2D eigenvalue weighted by atomic mass is 32.1. The summed E-state index contributed by atoms with van der Waals surface area (Å²) in [7, 11) is 0. The van der Waals surface area contributed by atoms with Gasteiger partial charge in [-0.05, 0) is 36.4 Å². The van der Waals surface area contributed by atoms with E-state index in [1.54, 1.807) is 23.7 Å².